The smallest absolute Gasteiger partial charge is 0.130 e. The lowest BCUT2D eigenvalue weighted by atomic mass is 10.2. The lowest BCUT2D eigenvalue weighted by Gasteiger charge is -1.88. The predicted molar refractivity (Wildman–Crippen MR) is 53.8 cm³/mol. The number of nitrogens with zero attached hydrogens (tertiary/aromatic N) is 4. The Kier molecular flexibility index (Phi) is 5.43. The van der Waals surface area contributed by atoms with Gasteiger partial charge in [-0.1, -0.05) is 15.9 Å². The van der Waals surface area contributed by atoms with Crippen LogP contribution in [0.5, 0.6) is 0 Å². The molecule has 4 nitrogen and oxygen atoms in total. The summed E-state index contributed by atoms with van der Waals surface area (Å²) in [5.74, 6) is 1.65. The number of nitriles is 3. The van der Waals surface area contributed by atoms with E-state index in [4.69, 9.17) is 21.2 Å². The van der Waals surface area contributed by atoms with Crippen molar-refractivity contribution in [3.63, 3.8) is 0 Å². The van der Waals surface area contributed by atoms with Gasteiger partial charge in [0.25, 0.3) is 0 Å². The van der Waals surface area contributed by atoms with Crippen LogP contribution in [0.15, 0.2) is 27.8 Å². The second-order valence-corrected chi connectivity index (χ2v) is 2.86. The van der Waals surface area contributed by atoms with Crippen LogP contribution in [-0.2, 0) is 0 Å². The number of rotatable bonds is 2. The molecule has 0 aromatic heterocycles. The minimum absolute atomic E-state index is 0.108. The Morgan fingerprint density at radius 1 is 1.07 bits per heavy atom. The van der Waals surface area contributed by atoms with Gasteiger partial charge in [-0.2, -0.15) is 15.8 Å². The number of hydrogen-bond acceptors (Lipinski definition) is 3. The van der Waals surface area contributed by atoms with Crippen LogP contribution in [-0.4, -0.2) is 5.87 Å². The number of allylic oxidation sites excluding steroid dienone is 5. The molecule has 0 aromatic carbocycles. The van der Waals surface area contributed by atoms with E-state index in [1.165, 1.54) is 12.2 Å². The Balaban J connectivity index is 5.05. The Morgan fingerprint density at radius 2 is 1.64 bits per heavy atom. The molecule has 0 amide bonds. The molecule has 0 fully saturated rings. The van der Waals surface area contributed by atoms with Crippen LogP contribution in [0.2, 0.25) is 0 Å². The summed E-state index contributed by atoms with van der Waals surface area (Å²) in [6, 6.07) is 4.94. The van der Waals surface area contributed by atoms with E-state index in [2.05, 4.69) is 15.9 Å². The summed E-state index contributed by atoms with van der Waals surface area (Å²) < 4.78 is 0.328. The maximum atomic E-state index is 8.40. The van der Waals surface area contributed by atoms with Gasteiger partial charge in [-0.15, -0.1) is 0 Å². The Morgan fingerprint density at radius 3 is 2.00 bits per heavy atom. The van der Waals surface area contributed by atoms with E-state index in [0.717, 1.165) is 0 Å². The van der Waals surface area contributed by atoms with Crippen molar-refractivity contribution in [2.24, 2.45) is 0 Å². The summed E-state index contributed by atoms with van der Waals surface area (Å²) in [4.78, 5) is 0. The predicted octanol–water partition coefficient (Wildman–Crippen LogP) is 1.93. The van der Waals surface area contributed by atoms with Crippen LogP contribution in [0, 0.1) is 34.0 Å². The largest absolute Gasteiger partial charge is 0.762 e. The van der Waals surface area contributed by atoms with E-state index in [1.807, 2.05) is 0 Å². The fraction of sp³-hybridized carbons (Fsp3) is 0. The molecule has 0 atom stereocenters. The van der Waals surface area contributed by atoms with Crippen LogP contribution in [0.25, 0.3) is 5.41 Å². The fourth-order valence-electron chi connectivity index (χ4n) is 0.497. The summed E-state index contributed by atoms with van der Waals surface area (Å²) in [6.45, 7) is 0. The zero-order valence-corrected chi connectivity index (χ0v) is 8.41. The molecule has 5 heteroatoms. The van der Waals surface area contributed by atoms with Crippen molar-refractivity contribution in [3.8, 4) is 18.2 Å². The molecule has 0 aliphatic heterocycles. The van der Waals surface area contributed by atoms with Gasteiger partial charge in [-0.3, -0.25) is 5.87 Å². The lowest BCUT2D eigenvalue weighted by Crippen LogP contribution is -1.76. The van der Waals surface area contributed by atoms with E-state index >= 15 is 0 Å². The Bertz CT molecular complexity index is 443. The molecule has 0 aliphatic carbocycles. The highest BCUT2D eigenvalue weighted by molar-refractivity contribution is 9.11. The van der Waals surface area contributed by atoms with E-state index in [0.29, 0.717) is 4.48 Å². The molecule has 0 rings (SSSR count). The van der Waals surface area contributed by atoms with E-state index in [1.54, 1.807) is 24.1 Å². The highest BCUT2D eigenvalue weighted by Gasteiger charge is 1.94. The minimum atomic E-state index is -0.108. The first-order valence-electron chi connectivity index (χ1n) is 3.24. The molecule has 66 valence electrons. The number of halogens is 1. The van der Waals surface area contributed by atoms with E-state index < -0.39 is 0 Å². The Hall–Kier alpha value is -2.12. The van der Waals surface area contributed by atoms with Crippen molar-refractivity contribution in [2.75, 3.05) is 0 Å². The molecule has 0 aromatic rings. The standard InChI is InChI=1S/C9H2BrN4/c10-9(1-7(3-11)4-12)2-8(5-13)6-14/h1-2H/q-1. The summed E-state index contributed by atoms with van der Waals surface area (Å²) in [5, 5.41) is 33.6. The average molecular weight is 246 g/mol. The van der Waals surface area contributed by atoms with Crippen LogP contribution in [0.1, 0.15) is 0 Å². The van der Waals surface area contributed by atoms with E-state index in [9.17, 15) is 0 Å². The Labute approximate surface area is 89.3 Å². The molecule has 0 bridgehead atoms. The van der Waals surface area contributed by atoms with Crippen molar-refractivity contribution >= 4 is 21.8 Å². The molecule has 0 radical (unpaired) electrons. The molecule has 0 saturated heterocycles. The normalized spacial score (nSPS) is 8.57. The van der Waals surface area contributed by atoms with Crippen molar-refractivity contribution < 1.29 is 0 Å². The third-order valence-electron chi connectivity index (χ3n) is 1.05. The van der Waals surface area contributed by atoms with Crippen molar-refractivity contribution in [1.82, 2.24) is 0 Å². The molecular weight excluding hydrogens is 244 g/mol. The highest BCUT2D eigenvalue weighted by atomic mass is 79.9. The first-order valence-corrected chi connectivity index (χ1v) is 4.03. The highest BCUT2D eigenvalue weighted by Crippen LogP contribution is 2.11. The first-order chi connectivity index (χ1) is 6.67. The molecule has 0 saturated carbocycles. The van der Waals surface area contributed by atoms with Gasteiger partial charge in [0.1, 0.15) is 23.8 Å². The van der Waals surface area contributed by atoms with Gasteiger partial charge in [0, 0.05) is 4.48 Å². The maximum absolute atomic E-state index is 8.40. The van der Waals surface area contributed by atoms with E-state index in [-0.39, 0.29) is 11.1 Å². The van der Waals surface area contributed by atoms with Gasteiger partial charge in [0.2, 0.25) is 0 Å². The van der Waals surface area contributed by atoms with Crippen LogP contribution in [0.4, 0.5) is 0 Å². The summed E-state index contributed by atoms with van der Waals surface area (Å²) in [7, 11) is 0. The van der Waals surface area contributed by atoms with Gasteiger partial charge >= 0.3 is 0 Å². The zero-order chi connectivity index (χ0) is 11.0. The van der Waals surface area contributed by atoms with Gasteiger partial charge in [0.15, 0.2) is 0 Å². The quantitative estimate of drug-likeness (QED) is 0.423. The SMILES string of the molecule is N#CC(=C=[N-])C=C(Br)C=C(C#N)C#N. The van der Waals surface area contributed by atoms with Gasteiger partial charge in [0.05, 0.1) is 5.57 Å². The van der Waals surface area contributed by atoms with Crippen LogP contribution in [0.3, 0.4) is 0 Å². The lowest BCUT2D eigenvalue weighted by molar-refractivity contribution is 1.46. The second-order valence-electron chi connectivity index (χ2n) is 1.95. The third-order valence-corrected chi connectivity index (χ3v) is 1.50. The summed E-state index contributed by atoms with van der Waals surface area (Å²) in [6.07, 6.45) is 2.46. The molecule has 0 N–H and O–H groups in total. The molecule has 0 unspecified atom stereocenters. The van der Waals surface area contributed by atoms with Crippen molar-refractivity contribution in [3.05, 3.63) is 33.2 Å². The molecule has 0 spiro atoms. The summed E-state index contributed by atoms with van der Waals surface area (Å²) in [5.41, 5.74) is -0.216. The molecule has 0 aliphatic rings. The third kappa shape index (κ3) is 4.04. The molecule has 14 heavy (non-hydrogen) atoms. The fourth-order valence-corrected chi connectivity index (χ4v) is 0.954. The monoisotopic (exact) mass is 245 g/mol. The molecule has 0 heterocycles. The number of hydrogen-bond donors (Lipinski definition) is 0. The van der Waals surface area contributed by atoms with Crippen molar-refractivity contribution in [1.29, 1.82) is 15.8 Å². The van der Waals surface area contributed by atoms with Crippen LogP contribution >= 0.6 is 15.9 Å². The average Bonchev–Trinajstić information content (AvgIpc) is 2.22. The first kappa shape index (κ1) is 11.9. The summed E-state index contributed by atoms with van der Waals surface area (Å²) >= 11 is 3.00. The topological polar surface area (TPSA) is 93.7 Å². The van der Waals surface area contributed by atoms with Gasteiger partial charge in [-0.05, 0) is 12.2 Å². The second kappa shape index (κ2) is 6.40. The van der Waals surface area contributed by atoms with Gasteiger partial charge in [-0.25, -0.2) is 0 Å². The molecular formula is C9H2BrN4-. The zero-order valence-electron chi connectivity index (χ0n) is 6.82. The van der Waals surface area contributed by atoms with Crippen molar-refractivity contribution in [2.45, 2.75) is 0 Å². The van der Waals surface area contributed by atoms with Crippen LogP contribution < -0.4 is 0 Å². The minimum Gasteiger partial charge on any atom is -0.762 e. The maximum Gasteiger partial charge on any atom is 0.130 e. The van der Waals surface area contributed by atoms with Gasteiger partial charge < -0.3 is 5.41 Å².